The number of aromatic nitrogens is 2. The zero-order chi connectivity index (χ0) is 10.6. The predicted octanol–water partition coefficient (Wildman–Crippen LogP) is 0.964. The lowest BCUT2D eigenvalue weighted by atomic mass is 10.3. The Balaban J connectivity index is 2.60. The van der Waals surface area contributed by atoms with Crippen molar-refractivity contribution in [1.82, 2.24) is 9.97 Å². The smallest absolute Gasteiger partial charge is 0.147 e. The van der Waals surface area contributed by atoms with E-state index < -0.39 is 10.8 Å². The normalized spacial score (nSPS) is 14.8. The maximum atomic E-state index is 11.0. The van der Waals surface area contributed by atoms with Gasteiger partial charge < -0.3 is 5.32 Å². The number of hydrogen-bond donors (Lipinski definition) is 1. The van der Waals surface area contributed by atoms with E-state index in [-0.39, 0.29) is 6.04 Å². The second-order valence-electron chi connectivity index (χ2n) is 3.28. The zero-order valence-electron chi connectivity index (χ0n) is 8.65. The fourth-order valence-electron chi connectivity index (χ4n) is 1.18. The van der Waals surface area contributed by atoms with Crippen LogP contribution in [-0.4, -0.2) is 32.2 Å². The van der Waals surface area contributed by atoms with Crippen molar-refractivity contribution >= 4 is 16.6 Å². The monoisotopic (exact) mass is 213 g/mol. The van der Waals surface area contributed by atoms with Crippen molar-refractivity contribution in [2.45, 2.75) is 19.9 Å². The second-order valence-corrected chi connectivity index (χ2v) is 4.76. The molecule has 1 aromatic rings. The van der Waals surface area contributed by atoms with Crippen LogP contribution >= 0.6 is 0 Å². The third-order valence-electron chi connectivity index (χ3n) is 1.75. The second kappa shape index (κ2) is 5.05. The van der Waals surface area contributed by atoms with Crippen LogP contribution in [0.3, 0.4) is 0 Å². The summed E-state index contributed by atoms with van der Waals surface area (Å²) in [5.41, 5.74) is 0.862. The predicted molar refractivity (Wildman–Crippen MR) is 58.8 cm³/mol. The van der Waals surface area contributed by atoms with Crippen LogP contribution in [0.2, 0.25) is 0 Å². The Bertz CT molecular complexity index is 330. The van der Waals surface area contributed by atoms with Gasteiger partial charge in [-0.05, 0) is 13.8 Å². The Morgan fingerprint density at radius 2 is 2.14 bits per heavy atom. The molecular formula is C9H15N3OS. The molecule has 1 aromatic heterocycles. The van der Waals surface area contributed by atoms with E-state index >= 15 is 0 Å². The number of nitrogens with one attached hydrogen (secondary N) is 1. The van der Waals surface area contributed by atoms with E-state index in [0.29, 0.717) is 5.75 Å². The largest absolute Gasteiger partial charge is 0.365 e. The highest BCUT2D eigenvalue weighted by Crippen LogP contribution is 2.07. The van der Waals surface area contributed by atoms with E-state index in [4.69, 9.17) is 0 Å². The summed E-state index contributed by atoms with van der Waals surface area (Å²) in [6, 6.07) is 0.149. The standard InChI is InChI=1S/C9H15N3OS/c1-7(6-14(3)13)12-9-8(2)10-4-5-11-9/h4-5,7H,6H2,1-3H3,(H,11,12). The maximum absolute atomic E-state index is 11.0. The van der Waals surface area contributed by atoms with Gasteiger partial charge in [0.1, 0.15) is 5.82 Å². The first kappa shape index (κ1) is 11.1. The lowest BCUT2D eigenvalue weighted by Crippen LogP contribution is -2.23. The molecule has 4 nitrogen and oxygen atoms in total. The highest BCUT2D eigenvalue weighted by atomic mass is 32.2. The van der Waals surface area contributed by atoms with Crippen molar-refractivity contribution in [3.63, 3.8) is 0 Å². The third kappa shape index (κ3) is 3.41. The topological polar surface area (TPSA) is 54.9 Å². The molecule has 2 atom stereocenters. The van der Waals surface area contributed by atoms with Gasteiger partial charge in [-0.25, -0.2) is 4.98 Å². The highest BCUT2D eigenvalue weighted by molar-refractivity contribution is 7.84. The summed E-state index contributed by atoms with van der Waals surface area (Å²) < 4.78 is 11.0. The van der Waals surface area contributed by atoms with Crippen LogP contribution in [-0.2, 0) is 10.8 Å². The van der Waals surface area contributed by atoms with Gasteiger partial charge in [0.25, 0.3) is 0 Å². The molecule has 0 spiro atoms. The SMILES string of the molecule is Cc1nccnc1NC(C)CS(C)=O. The van der Waals surface area contributed by atoms with Crippen molar-refractivity contribution in [3.05, 3.63) is 18.1 Å². The van der Waals surface area contributed by atoms with Gasteiger partial charge in [0.2, 0.25) is 0 Å². The Morgan fingerprint density at radius 3 is 2.71 bits per heavy atom. The molecule has 0 radical (unpaired) electrons. The summed E-state index contributed by atoms with van der Waals surface area (Å²) in [6.45, 7) is 3.88. The molecule has 0 bridgehead atoms. The fourth-order valence-corrected chi connectivity index (χ4v) is 1.96. The Kier molecular flexibility index (Phi) is 4.00. The van der Waals surface area contributed by atoms with E-state index in [2.05, 4.69) is 15.3 Å². The summed E-state index contributed by atoms with van der Waals surface area (Å²) in [5, 5.41) is 3.17. The molecule has 78 valence electrons. The number of hydrogen-bond acceptors (Lipinski definition) is 4. The van der Waals surface area contributed by atoms with Crippen LogP contribution in [0.1, 0.15) is 12.6 Å². The number of anilines is 1. The Morgan fingerprint density at radius 1 is 1.50 bits per heavy atom. The maximum Gasteiger partial charge on any atom is 0.147 e. The summed E-state index contributed by atoms with van der Waals surface area (Å²) in [4.78, 5) is 8.26. The molecule has 0 fully saturated rings. The average Bonchev–Trinajstić information content (AvgIpc) is 2.07. The Labute approximate surface area is 86.6 Å². The van der Waals surface area contributed by atoms with Gasteiger partial charge in [0.15, 0.2) is 0 Å². The molecule has 0 saturated heterocycles. The lowest BCUT2D eigenvalue weighted by Gasteiger charge is -2.13. The first-order valence-electron chi connectivity index (χ1n) is 4.43. The van der Waals surface area contributed by atoms with E-state index in [1.54, 1.807) is 18.6 Å². The van der Waals surface area contributed by atoms with E-state index in [1.807, 2.05) is 13.8 Å². The molecule has 14 heavy (non-hydrogen) atoms. The summed E-state index contributed by atoms with van der Waals surface area (Å²) in [5.74, 6) is 1.39. The van der Waals surface area contributed by atoms with Crippen LogP contribution in [0.25, 0.3) is 0 Å². The minimum Gasteiger partial charge on any atom is -0.365 e. The third-order valence-corrected chi connectivity index (χ3v) is 2.72. The molecule has 0 saturated carbocycles. The molecule has 1 heterocycles. The molecular weight excluding hydrogens is 198 g/mol. The van der Waals surface area contributed by atoms with Crippen LogP contribution < -0.4 is 5.32 Å². The number of aryl methyl sites for hydroxylation is 1. The fraction of sp³-hybridized carbons (Fsp3) is 0.556. The van der Waals surface area contributed by atoms with Gasteiger partial charge in [-0.3, -0.25) is 9.19 Å². The van der Waals surface area contributed by atoms with Crippen LogP contribution in [0, 0.1) is 6.92 Å². The lowest BCUT2D eigenvalue weighted by molar-refractivity contribution is 0.682. The molecule has 0 amide bonds. The Hall–Kier alpha value is -0.970. The molecule has 0 aliphatic carbocycles. The van der Waals surface area contributed by atoms with E-state index in [0.717, 1.165) is 11.5 Å². The van der Waals surface area contributed by atoms with Crippen LogP contribution in [0.4, 0.5) is 5.82 Å². The van der Waals surface area contributed by atoms with Crippen molar-refractivity contribution in [2.75, 3.05) is 17.3 Å². The molecule has 0 aromatic carbocycles. The zero-order valence-corrected chi connectivity index (χ0v) is 9.47. The number of nitrogens with zero attached hydrogens (tertiary/aromatic N) is 2. The summed E-state index contributed by atoms with van der Waals surface area (Å²) in [7, 11) is -0.787. The van der Waals surface area contributed by atoms with Crippen molar-refractivity contribution in [3.8, 4) is 0 Å². The highest BCUT2D eigenvalue weighted by Gasteiger charge is 2.06. The van der Waals surface area contributed by atoms with Gasteiger partial charge in [-0.2, -0.15) is 0 Å². The molecule has 0 aliphatic heterocycles. The summed E-state index contributed by atoms with van der Waals surface area (Å²) >= 11 is 0. The first-order valence-corrected chi connectivity index (χ1v) is 6.16. The molecule has 5 heteroatoms. The van der Waals surface area contributed by atoms with Crippen LogP contribution in [0.15, 0.2) is 12.4 Å². The minimum atomic E-state index is -0.787. The quantitative estimate of drug-likeness (QED) is 0.809. The van der Waals surface area contributed by atoms with Gasteiger partial charge in [0.05, 0.1) is 5.69 Å². The van der Waals surface area contributed by atoms with E-state index in [9.17, 15) is 4.21 Å². The van der Waals surface area contributed by atoms with Gasteiger partial charge in [-0.15, -0.1) is 0 Å². The minimum absolute atomic E-state index is 0.149. The number of rotatable bonds is 4. The van der Waals surface area contributed by atoms with Crippen molar-refractivity contribution < 1.29 is 4.21 Å². The van der Waals surface area contributed by atoms with Gasteiger partial charge in [-0.1, -0.05) is 0 Å². The average molecular weight is 213 g/mol. The first-order chi connectivity index (χ1) is 6.59. The van der Waals surface area contributed by atoms with Crippen LogP contribution in [0.5, 0.6) is 0 Å². The van der Waals surface area contributed by atoms with Gasteiger partial charge in [0, 0.05) is 41.2 Å². The van der Waals surface area contributed by atoms with Crippen molar-refractivity contribution in [2.24, 2.45) is 0 Å². The molecule has 1 N–H and O–H groups in total. The molecule has 0 aliphatic rings. The van der Waals surface area contributed by atoms with Crippen molar-refractivity contribution in [1.29, 1.82) is 0 Å². The van der Waals surface area contributed by atoms with E-state index in [1.165, 1.54) is 0 Å². The molecule has 2 unspecified atom stereocenters. The van der Waals surface area contributed by atoms with Gasteiger partial charge >= 0.3 is 0 Å². The summed E-state index contributed by atoms with van der Waals surface area (Å²) in [6.07, 6.45) is 5.00. The molecule has 1 rings (SSSR count).